The molecule has 0 spiro atoms. The summed E-state index contributed by atoms with van der Waals surface area (Å²) in [4.78, 5) is 2.49. The maximum Gasteiger partial charge on any atom is 0.0249 e. The van der Waals surface area contributed by atoms with Crippen molar-refractivity contribution in [2.24, 2.45) is 5.92 Å². The highest BCUT2D eigenvalue weighted by atomic mass is 15.2. The van der Waals surface area contributed by atoms with E-state index in [0.29, 0.717) is 0 Å². The van der Waals surface area contributed by atoms with E-state index in [4.69, 9.17) is 0 Å². The molecule has 0 saturated carbocycles. The molecule has 1 heterocycles. The summed E-state index contributed by atoms with van der Waals surface area (Å²) in [6, 6.07) is 1.48. The molecule has 1 aliphatic heterocycles. The summed E-state index contributed by atoms with van der Waals surface area (Å²) in [6.45, 7) is 5.86. The van der Waals surface area contributed by atoms with E-state index in [-0.39, 0.29) is 0 Å². The second-order valence-corrected chi connectivity index (χ2v) is 4.36. The minimum Gasteiger partial charge on any atom is -0.315 e. The van der Waals surface area contributed by atoms with Crippen LogP contribution in [0.25, 0.3) is 0 Å². The quantitative estimate of drug-likeness (QED) is 0.687. The zero-order chi connectivity index (χ0) is 9.14. The molecule has 1 N–H and O–H groups in total. The molecule has 0 bridgehead atoms. The highest BCUT2D eigenvalue weighted by Gasteiger charge is 2.30. The maximum absolute atomic E-state index is 3.41. The monoisotopic (exact) mass is 170 g/mol. The maximum atomic E-state index is 3.41. The van der Waals surface area contributed by atoms with Gasteiger partial charge in [0.25, 0.3) is 0 Å². The van der Waals surface area contributed by atoms with Gasteiger partial charge in [-0.1, -0.05) is 13.8 Å². The first-order chi connectivity index (χ1) is 5.65. The van der Waals surface area contributed by atoms with Gasteiger partial charge in [0.15, 0.2) is 0 Å². The first-order valence-electron chi connectivity index (χ1n) is 5.02. The van der Waals surface area contributed by atoms with Crippen LogP contribution in [-0.4, -0.2) is 37.6 Å². The van der Waals surface area contributed by atoms with Gasteiger partial charge in [-0.05, 0) is 39.4 Å². The molecule has 0 amide bonds. The Labute approximate surface area is 76.3 Å². The second-order valence-electron chi connectivity index (χ2n) is 4.36. The molecule has 2 heteroatoms. The third-order valence-electron chi connectivity index (χ3n) is 2.91. The molecule has 1 rings (SSSR count). The molecule has 0 aliphatic carbocycles. The smallest absolute Gasteiger partial charge is 0.0249 e. The van der Waals surface area contributed by atoms with Gasteiger partial charge < -0.3 is 10.2 Å². The Balaban J connectivity index is 2.46. The molecule has 0 radical (unpaired) electrons. The van der Waals surface area contributed by atoms with Gasteiger partial charge in [-0.2, -0.15) is 0 Å². The Morgan fingerprint density at radius 1 is 1.50 bits per heavy atom. The summed E-state index contributed by atoms with van der Waals surface area (Å²) in [7, 11) is 4.32. The fourth-order valence-electron chi connectivity index (χ4n) is 2.17. The van der Waals surface area contributed by atoms with Crippen LogP contribution in [-0.2, 0) is 0 Å². The number of likely N-dealkylation sites (tertiary alicyclic amines) is 1. The van der Waals surface area contributed by atoms with Crippen molar-refractivity contribution >= 4 is 0 Å². The Morgan fingerprint density at radius 3 is 2.67 bits per heavy atom. The summed E-state index contributed by atoms with van der Waals surface area (Å²) in [5.74, 6) is 0.811. The van der Waals surface area contributed by atoms with Crippen LogP contribution >= 0.6 is 0 Å². The fourth-order valence-corrected chi connectivity index (χ4v) is 2.17. The Kier molecular flexibility index (Phi) is 3.53. The van der Waals surface area contributed by atoms with E-state index in [1.807, 2.05) is 0 Å². The predicted octanol–water partition coefficient (Wildman–Crippen LogP) is 1.32. The normalized spacial score (nSPS) is 31.8. The lowest BCUT2D eigenvalue weighted by Crippen LogP contribution is -2.40. The van der Waals surface area contributed by atoms with Crippen LogP contribution < -0.4 is 5.32 Å². The van der Waals surface area contributed by atoms with E-state index in [1.165, 1.54) is 19.4 Å². The number of rotatable bonds is 3. The van der Waals surface area contributed by atoms with E-state index in [9.17, 15) is 0 Å². The van der Waals surface area contributed by atoms with Gasteiger partial charge in [0, 0.05) is 12.1 Å². The van der Waals surface area contributed by atoms with Gasteiger partial charge in [-0.15, -0.1) is 0 Å². The van der Waals surface area contributed by atoms with E-state index >= 15 is 0 Å². The van der Waals surface area contributed by atoms with Gasteiger partial charge in [0.05, 0.1) is 0 Å². The predicted molar refractivity (Wildman–Crippen MR) is 53.3 cm³/mol. The number of nitrogens with one attached hydrogen (secondary N) is 1. The van der Waals surface area contributed by atoms with Crippen molar-refractivity contribution in [2.45, 2.75) is 38.8 Å². The standard InChI is InChI=1S/C10H22N2/c1-8(2)7-10-9(11-3)5-6-12(10)4/h8-11H,5-7H2,1-4H3. The van der Waals surface area contributed by atoms with Gasteiger partial charge >= 0.3 is 0 Å². The molecular weight excluding hydrogens is 148 g/mol. The van der Waals surface area contributed by atoms with Crippen molar-refractivity contribution in [2.75, 3.05) is 20.6 Å². The number of nitrogens with zero attached hydrogens (tertiary/aromatic N) is 1. The van der Waals surface area contributed by atoms with Gasteiger partial charge in [0.1, 0.15) is 0 Å². The number of likely N-dealkylation sites (N-methyl/N-ethyl adjacent to an activating group) is 2. The topological polar surface area (TPSA) is 15.3 Å². The molecule has 2 unspecified atom stereocenters. The molecule has 0 aromatic heterocycles. The van der Waals surface area contributed by atoms with Gasteiger partial charge in [0.2, 0.25) is 0 Å². The molecule has 2 nitrogen and oxygen atoms in total. The average molecular weight is 170 g/mol. The first-order valence-corrected chi connectivity index (χ1v) is 5.02. The molecular formula is C10H22N2. The fraction of sp³-hybridized carbons (Fsp3) is 1.00. The van der Waals surface area contributed by atoms with Crippen LogP contribution in [0.2, 0.25) is 0 Å². The zero-order valence-electron chi connectivity index (χ0n) is 8.80. The SMILES string of the molecule is CNC1CCN(C)C1CC(C)C. The Bertz CT molecular complexity index is 134. The van der Waals surface area contributed by atoms with Crippen LogP contribution in [0, 0.1) is 5.92 Å². The molecule has 1 aliphatic rings. The molecule has 2 atom stereocenters. The van der Waals surface area contributed by atoms with E-state index < -0.39 is 0 Å². The summed E-state index contributed by atoms with van der Waals surface area (Å²) >= 11 is 0. The first kappa shape index (κ1) is 10.0. The van der Waals surface area contributed by atoms with Crippen molar-refractivity contribution in [3.63, 3.8) is 0 Å². The molecule has 1 fully saturated rings. The largest absolute Gasteiger partial charge is 0.315 e. The van der Waals surface area contributed by atoms with Gasteiger partial charge in [-0.3, -0.25) is 0 Å². The average Bonchev–Trinajstić information content (AvgIpc) is 2.32. The van der Waals surface area contributed by atoms with Crippen LogP contribution in [0.3, 0.4) is 0 Å². The Hall–Kier alpha value is -0.0800. The highest BCUT2D eigenvalue weighted by molar-refractivity contribution is 4.89. The van der Waals surface area contributed by atoms with Crippen molar-refractivity contribution in [1.82, 2.24) is 10.2 Å². The van der Waals surface area contributed by atoms with Crippen LogP contribution in [0.15, 0.2) is 0 Å². The lowest BCUT2D eigenvalue weighted by Gasteiger charge is -2.26. The van der Waals surface area contributed by atoms with Gasteiger partial charge in [-0.25, -0.2) is 0 Å². The van der Waals surface area contributed by atoms with Crippen molar-refractivity contribution in [1.29, 1.82) is 0 Å². The van der Waals surface area contributed by atoms with Crippen LogP contribution in [0.5, 0.6) is 0 Å². The summed E-state index contributed by atoms with van der Waals surface area (Å²) in [6.07, 6.45) is 2.63. The number of hydrogen-bond acceptors (Lipinski definition) is 2. The summed E-state index contributed by atoms with van der Waals surface area (Å²) in [5.41, 5.74) is 0. The molecule has 12 heavy (non-hydrogen) atoms. The number of hydrogen-bond donors (Lipinski definition) is 1. The lowest BCUT2D eigenvalue weighted by molar-refractivity contribution is 0.249. The molecule has 0 aromatic rings. The van der Waals surface area contributed by atoms with E-state index in [1.54, 1.807) is 0 Å². The molecule has 0 aromatic carbocycles. The minimum atomic E-state index is 0.720. The van der Waals surface area contributed by atoms with Crippen molar-refractivity contribution < 1.29 is 0 Å². The summed E-state index contributed by atoms with van der Waals surface area (Å²) < 4.78 is 0. The molecule has 72 valence electrons. The second kappa shape index (κ2) is 4.24. The Morgan fingerprint density at radius 2 is 2.17 bits per heavy atom. The van der Waals surface area contributed by atoms with Crippen molar-refractivity contribution in [3.05, 3.63) is 0 Å². The summed E-state index contributed by atoms with van der Waals surface area (Å²) in [5, 5.41) is 3.41. The lowest BCUT2D eigenvalue weighted by atomic mass is 9.98. The third kappa shape index (κ3) is 2.20. The zero-order valence-corrected chi connectivity index (χ0v) is 8.80. The minimum absolute atomic E-state index is 0.720. The van der Waals surface area contributed by atoms with E-state index in [2.05, 4.69) is 38.2 Å². The highest BCUT2D eigenvalue weighted by Crippen LogP contribution is 2.21. The van der Waals surface area contributed by atoms with E-state index in [0.717, 1.165) is 18.0 Å². The van der Waals surface area contributed by atoms with Crippen LogP contribution in [0.1, 0.15) is 26.7 Å². The van der Waals surface area contributed by atoms with Crippen LogP contribution in [0.4, 0.5) is 0 Å². The van der Waals surface area contributed by atoms with Crippen molar-refractivity contribution in [3.8, 4) is 0 Å². The molecule has 1 saturated heterocycles. The third-order valence-corrected chi connectivity index (χ3v) is 2.91.